The van der Waals surface area contributed by atoms with Crippen molar-refractivity contribution in [2.75, 3.05) is 6.54 Å². The van der Waals surface area contributed by atoms with E-state index in [1.165, 1.54) is 19.3 Å². The summed E-state index contributed by atoms with van der Waals surface area (Å²) in [7, 11) is 0. The smallest absolute Gasteiger partial charge is 0.102 e. The van der Waals surface area contributed by atoms with Crippen molar-refractivity contribution in [3.8, 4) is 0 Å². The molecule has 1 saturated heterocycles. The molecule has 2 unspecified atom stereocenters. The molecule has 0 spiro atoms. The number of aliphatic hydroxyl groups is 1. The van der Waals surface area contributed by atoms with Crippen molar-refractivity contribution in [1.29, 1.82) is 0 Å². The summed E-state index contributed by atoms with van der Waals surface area (Å²) < 4.78 is 0. The van der Waals surface area contributed by atoms with Crippen molar-refractivity contribution >= 4 is 11.8 Å². The molecule has 0 aromatic heterocycles. The highest BCUT2D eigenvalue weighted by Gasteiger charge is 2.22. The zero-order chi connectivity index (χ0) is 10.5. The first-order valence-electron chi connectivity index (χ1n) is 5.84. The highest BCUT2D eigenvalue weighted by molar-refractivity contribution is 8.02. The largest absolute Gasteiger partial charge is 0.390 e. The number of hydrogen-bond acceptors (Lipinski definition) is 4. The van der Waals surface area contributed by atoms with Crippen molar-refractivity contribution in [3.63, 3.8) is 0 Å². The fourth-order valence-corrected chi connectivity index (χ4v) is 2.99. The first kappa shape index (κ1) is 11.3. The fraction of sp³-hybridized carbons (Fsp3) is 0.818. The highest BCUT2D eigenvalue weighted by Crippen LogP contribution is 2.22. The SMILES string of the molecule is O[C@H](CCC1CCCCN1)C1NC=CS1. The molecular formula is C11H20N2OS. The third-order valence-electron chi connectivity index (χ3n) is 3.13. The summed E-state index contributed by atoms with van der Waals surface area (Å²) >= 11 is 1.67. The molecule has 2 aliphatic heterocycles. The quantitative estimate of drug-likeness (QED) is 0.680. The van der Waals surface area contributed by atoms with E-state index in [9.17, 15) is 5.11 Å². The Hall–Kier alpha value is -0.190. The van der Waals surface area contributed by atoms with Crippen LogP contribution in [-0.2, 0) is 0 Å². The second-order valence-electron chi connectivity index (χ2n) is 4.32. The second kappa shape index (κ2) is 5.77. The molecule has 15 heavy (non-hydrogen) atoms. The molecule has 0 aliphatic carbocycles. The van der Waals surface area contributed by atoms with E-state index in [1.807, 2.05) is 11.6 Å². The van der Waals surface area contributed by atoms with Gasteiger partial charge >= 0.3 is 0 Å². The van der Waals surface area contributed by atoms with Gasteiger partial charge in [0.1, 0.15) is 5.37 Å². The van der Waals surface area contributed by atoms with Gasteiger partial charge in [0, 0.05) is 12.2 Å². The maximum atomic E-state index is 9.93. The summed E-state index contributed by atoms with van der Waals surface area (Å²) in [5, 5.41) is 18.8. The number of nitrogens with one attached hydrogen (secondary N) is 2. The van der Waals surface area contributed by atoms with Crippen LogP contribution in [0, 0.1) is 0 Å². The van der Waals surface area contributed by atoms with Crippen LogP contribution in [0.1, 0.15) is 32.1 Å². The van der Waals surface area contributed by atoms with E-state index in [-0.39, 0.29) is 11.5 Å². The van der Waals surface area contributed by atoms with Gasteiger partial charge in [0.05, 0.1) is 6.10 Å². The molecular weight excluding hydrogens is 208 g/mol. The number of thioether (sulfide) groups is 1. The van der Waals surface area contributed by atoms with Crippen molar-refractivity contribution < 1.29 is 5.11 Å². The average Bonchev–Trinajstić information content (AvgIpc) is 2.81. The van der Waals surface area contributed by atoms with E-state index in [1.54, 1.807) is 11.8 Å². The molecule has 2 aliphatic rings. The lowest BCUT2D eigenvalue weighted by Gasteiger charge is -2.25. The van der Waals surface area contributed by atoms with E-state index < -0.39 is 0 Å². The second-order valence-corrected chi connectivity index (χ2v) is 5.37. The van der Waals surface area contributed by atoms with Crippen LogP contribution in [0.15, 0.2) is 11.6 Å². The van der Waals surface area contributed by atoms with E-state index >= 15 is 0 Å². The maximum Gasteiger partial charge on any atom is 0.102 e. The van der Waals surface area contributed by atoms with E-state index in [0.717, 1.165) is 19.4 Å². The van der Waals surface area contributed by atoms with Crippen molar-refractivity contribution in [3.05, 3.63) is 11.6 Å². The van der Waals surface area contributed by atoms with Gasteiger partial charge in [0.25, 0.3) is 0 Å². The van der Waals surface area contributed by atoms with Gasteiger partial charge in [-0.1, -0.05) is 6.42 Å². The van der Waals surface area contributed by atoms with E-state index in [2.05, 4.69) is 10.6 Å². The molecule has 0 saturated carbocycles. The third-order valence-corrected chi connectivity index (χ3v) is 4.16. The third kappa shape index (κ3) is 3.40. The molecule has 86 valence electrons. The molecule has 2 heterocycles. The normalized spacial score (nSPS) is 32.6. The summed E-state index contributed by atoms with van der Waals surface area (Å²) in [6.45, 7) is 1.15. The monoisotopic (exact) mass is 228 g/mol. The van der Waals surface area contributed by atoms with Gasteiger partial charge < -0.3 is 15.7 Å². The zero-order valence-electron chi connectivity index (χ0n) is 8.98. The summed E-state index contributed by atoms with van der Waals surface area (Å²) in [6.07, 6.45) is 7.60. The molecule has 4 heteroatoms. The van der Waals surface area contributed by atoms with Crippen LogP contribution in [0.5, 0.6) is 0 Å². The molecule has 0 radical (unpaired) electrons. The van der Waals surface area contributed by atoms with E-state index in [0.29, 0.717) is 6.04 Å². The van der Waals surface area contributed by atoms with Gasteiger partial charge in [0.15, 0.2) is 0 Å². The summed E-state index contributed by atoms with van der Waals surface area (Å²) in [6, 6.07) is 0.632. The van der Waals surface area contributed by atoms with Gasteiger partial charge in [-0.05, 0) is 37.6 Å². The predicted octanol–water partition coefficient (Wildman–Crippen LogP) is 1.40. The Morgan fingerprint density at radius 2 is 2.40 bits per heavy atom. The molecule has 3 N–H and O–H groups in total. The Morgan fingerprint density at radius 1 is 1.47 bits per heavy atom. The zero-order valence-corrected chi connectivity index (χ0v) is 9.80. The lowest BCUT2D eigenvalue weighted by atomic mass is 9.99. The minimum atomic E-state index is -0.228. The average molecular weight is 228 g/mol. The Kier molecular flexibility index (Phi) is 4.35. The standard InChI is InChI=1S/C11H20N2OS/c14-10(11-13-7-8-15-11)5-4-9-3-1-2-6-12-9/h7-14H,1-6H2/t9?,10-,11?/m1/s1. The summed E-state index contributed by atoms with van der Waals surface area (Å²) in [5.74, 6) is 0. The fourth-order valence-electron chi connectivity index (χ4n) is 2.19. The van der Waals surface area contributed by atoms with Gasteiger partial charge in [0.2, 0.25) is 0 Å². The number of piperidine rings is 1. The van der Waals surface area contributed by atoms with Crippen LogP contribution in [-0.4, -0.2) is 29.2 Å². The maximum absolute atomic E-state index is 9.93. The number of aliphatic hydroxyl groups excluding tert-OH is 1. The Balaban J connectivity index is 1.63. The van der Waals surface area contributed by atoms with Crippen molar-refractivity contribution in [1.82, 2.24) is 10.6 Å². The van der Waals surface area contributed by atoms with Crippen LogP contribution >= 0.6 is 11.8 Å². The lowest BCUT2D eigenvalue weighted by molar-refractivity contribution is 0.146. The van der Waals surface area contributed by atoms with Crippen molar-refractivity contribution in [2.24, 2.45) is 0 Å². The van der Waals surface area contributed by atoms with Crippen LogP contribution in [0.4, 0.5) is 0 Å². The minimum Gasteiger partial charge on any atom is -0.390 e. The van der Waals surface area contributed by atoms with Crippen LogP contribution in [0.2, 0.25) is 0 Å². The van der Waals surface area contributed by atoms with Gasteiger partial charge in [-0.3, -0.25) is 0 Å². The van der Waals surface area contributed by atoms with Gasteiger partial charge in [-0.25, -0.2) is 0 Å². The molecule has 1 fully saturated rings. The summed E-state index contributed by atoms with van der Waals surface area (Å²) in [4.78, 5) is 0. The molecule has 0 amide bonds. The molecule has 0 bridgehead atoms. The molecule has 3 atom stereocenters. The number of rotatable bonds is 4. The van der Waals surface area contributed by atoms with Gasteiger partial charge in [-0.2, -0.15) is 0 Å². The van der Waals surface area contributed by atoms with Crippen LogP contribution in [0.25, 0.3) is 0 Å². The highest BCUT2D eigenvalue weighted by atomic mass is 32.2. The Morgan fingerprint density at radius 3 is 3.07 bits per heavy atom. The topological polar surface area (TPSA) is 44.3 Å². The molecule has 0 aromatic carbocycles. The predicted molar refractivity (Wildman–Crippen MR) is 64.5 cm³/mol. The summed E-state index contributed by atoms with van der Waals surface area (Å²) in [5.41, 5.74) is 0. The first-order valence-corrected chi connectivity index (χ1v) is 6.78. The Labute approximate surface area is 95.7 Å². The van der Waals surface area contributed by atoms with E-state index in [4.69, 9.17) is 0 Å². The first-order chi connectivity index (χ1) is 7.36. The van der Waals surface area contributed by atoms with Crippen LogP contribution in [0.3, 0.4) is 0 Å². The Bertz CT molecular complexity index is 209. The number of hydrogen-bond donors (Lipinski definition) is 3. The minimum absolute atomic E-state index is 0.175. The molecule has 0 aromatic rings. The van der Waals surface area contributed by atoms with Crippen LogP contribution < -0.4 is 10.6 Å². The van der Waals surface area contributed by atoms with Crippen molar-refractivity contribution in [2.45, 2.75) is 49.6 Å². The molecule has 2 rings (SSSR count). The van der Waals surface area contributed by atoms with Gasteiger partial charge in [-0.15, -0.1) is 11.8 Å². The molecule has 3 nitrogen and oxygen atoms in total. The lowest BCUT2D eigenvalue weighted by Crippen LogP contribution is -2.37.